The van der Waals surface area contributed by atoms with Gasteiger partial charge in [-0.2, -0.15) is 4.98 Å². The number of carbonyl (C=O) groups is 4. The number of nitrogens with two attached hydrogens (primary N) is 1. The van der Waals surface area contributed by atoms with Crippen molar-refractivity contribution in [1.29, 1.82) is 0 Å². The number of piperidine rings is 2. The fourth-order valence-electron chi connectivity index (χ4n) is 9.91. The van der Waals surface area contributed by atoms with Crippen LogP contribution in [0, 0.1) is 5.82 Å². The number of hydrogen-bond donors (Lipinski definition) is 3. The predicted molar refractivity (Wildman–Crippen MR) is 233 cm³/mol. The van der Waals surface area contributed by atoms with Crippen LogP contribution >= 0.6 is 11.6 Å². The number of rotatable bonds is 12. The van der Waals surface area contributed by atoms with Crippen LogP contribution in [0.4, 0.5) is 21.8 Å². The molecule has 0 bridgehead atoms. The van der Waals surface area contributed by atoms with E-state index in [9.17, 15) is 24.0 Å². The molecule has 4 aliphatic heterocycles. The highest BCUT2D eigenvalue weighted by Crippen LogP contribution is 2.41. The molecular weight excluding hydrogens is 833 g/mol. The van der Waals surface area contributed by atoms with E-state index in [0.29, 0.717) is 56.1 Å². The van der Waals surface area contributed by atoms with E-state index in [4.69, 9.17) is 31.8 Å². The van der Waals surface area contributed by atoms with Gasteiger partial charge in [-0.25, -0.2) is 9.37 Å². The number of likely N-dealkylation sites (tertiary alicyclic amines) is 1. The first-order chi connectivity index (χ1) is 30.3. The van der Waals surface area contributed by atoms with E-state index in [1.807, 2.05) is 32.0 Å². The number of nitrogens with zero attached hydrogens (tertiary/aromatic N) is 6. The van der Waals surface area contributed by atoms with Crippen LogP contribution in [-0.2, 0) is 25.7 Å². The van der Waals surface area contributed by atoms with E-state index in [0.717, 1.165) is 64.7 Å². The minimum Gasteiger partial charge on any atom is -0.478 e. The molecule has 2 aromatic carbocycles. The lowest BCUT2D eigenvalue weighted by Crippen LogP contribution is -2.58. The molecule has 4 fully saturated rings. The van der Waals surface area contributed by atoms with Crippen molar-refractivity contribution in [2.24, 2.45) is 5.73 Å². The summed E-state index contributed by atoms with van der Waals surface area (Å²) >= 11 is 6.57. The molecule has 18 heteroatoms. The zero-order valence-electron chi connectivity index (χ0n) is 35.3. The van der Waals surface area contributed by atoms with Gasteiger partial charge in [-0.1, -0.05) is 17.7 Å². The van der Waals surface area contributed by atoms with Gasteiger partial charge in [-0.05, 0) is 101 Å². The van der Waals surface area contributed by atoms with E-state index in [-0.39, 0.29) is 72.5 Å². The standard InChI is InChI=1S/C45H51ClFN9O7/c1-24(2)56-35-10-5-27(17-26(35)18-37(44(56)61)62-23-38(48)57)50-41-34(46)19-49-45(52-41)53-15-13-29(14-16-53)63-30-20-54(21-30)28-6-3-25(4-7-28)31-8-9-32-33(40(31)47)22-55(43(32)60)36-11-12-39(58)51-42(36)59/h5,8-10,17-19,24-25,28-30,36H,3-4,6-7,11-16,20-23H2,1-2H3,(H2,48,57)(H,49,50,52)(H,51,58,59)/t25-,28+,36?. The Kier molecular flexibility index (Phi) is 11.8. The van der Waals surface area contributed by atoms with E-state index < -0.39 is 24.5 Å². The van der Waals surface area contributed by atoms with Crippen molar-refractivity contribution in [3.63, 3.8) is 0 Å². The number of halogens is 2. The number of hydrogen-bond acceptors (Lipinski definition) is 12. The molecule has 4 aromatic rings. The summed E-state index contributed by atoms with van der Waals surface area (Å²) in [7, 11) is 0. The average molecular weight is 884 g/mol. The Balaban J connectivity index is 0.746. The normalized spacial score (nSPS) is 22.4. The van der Waals surface area contributed by atoms with E-state index in [1.54, 1.807) is 29.0 Å². The highest BCUT2D eigenvalue weighted by molar-refractivity contribution is 6.33. The molecule has 63 heavy (non-hydrogen) atoms. The summed E-state index contributed by atoms with van der Waals surface area (Å²) in [5.41, 5.74) is 7.61. The number of pyridine rings is 1. The van der Waals surface area contributed by atoms with Crippen molar-refractivity contribution in [3.05, 3.63) is 80.5 Å². The van der Waals surface area contributed by atoms with Crippen LogP contribution in [0.2, 0.25) is 5.02 Å². The van der Waals surface area contributed by atoms with Crippen molar-refractivity contribution in [1.82, 2.24) is 29.7 Å². The van der Waals surface area contributed by atoms with E-state index in [1.165, 1.54) is 4.90 Å². The number of ether oxygens (including phenoxy) is 2. The molecule has 4 N–H and O–H groups in total. The lowest BCUT2D eigenvalue weighted by Gasteiger charge is -2.47. The molecule has 332 valence electrons. The van der Waals surface area contributed by atoms with Crippen molar-refractivity contribution >= 4 is 63.6 Å². The van der Waals surface area contributed by atoms with Crippen molar-refractivity contribution in [2.75, 3.05) is 43.0 Å². The third-order valence-electron chi connectivity index (χ3n) is 13.2. The fourth-order valence-corrected chi connectivity index (χ4v) is 10.0. The number of primary amides is 1. The van der Waals surface area contributed by atoms with Crippen LogP contribution in [0.1, 0.15) is 98.7 Å². The molecule has 16 nitrogen and oxygen atoms in total. The minimum atomic E-state index is -0.769. The number of nitrogens with one attached hydrogen (secondary N) is 2. The highest BCUT2D eigenvalue weighted by atomic mass is 35.5. The first kappa shape index (κ1) is 42.6. The number of benzene rings is 2. The largest absolute Gasteiger partial charge is 0.478 e. The Labute approximate surface area is 368 Å². The van der Waals surface area contributed by atoms with Crippen molar-refractivity contribution in [3.8, 4) is 5.75 Å². The maximum Gasteiger partial charge on any atom is 0.293 e. The van der Waals surface area contributed by atoms with Crippen LogP contribution in [-0.4, -0.2) is 105 Å². The Morgan fingerprint density at radius 2 is 1.76 bits per heavy atom. The lowest BCUT2D eigenvalue weighted by molar-refractivity contribution is -0.137. The quantitative estimate of drug-likeness (QED) is 0.163. The monoisotopic (exact) mass is 883 g/mol. The van der Waals surface area contributed by atoms with Gasteiger partial charge in [-0.3, -0.25) is 34.2 Å². The molecule has 3 saturated heterocycles. The molecule has 1 unspecified atom stereocenters. The van der Waals surface area contributed by atoms with Crippen molar-refractivity contribution in [2.45, 2.75) is 108 Å². The third kappa shape index (κ3) is 8.57. The van der Waals surface area contributed by atoms with Crippen LogP contribution in [0.3, 0.4) is 0 Å². The maximum atomic E-state index is 16.0. The molecule has 0 spiro atoms. The van der Waals surface area contributed by atoms with Crippen LogP contribution in [0.15, 0.2) is 47.4 Å². The van der Waals surface area contributed by atoms with E-state index >= 15 is 4.39 Å². The highest BCUT2D eigenvalue weighted by Gasteiger charge is 2.42. The molecule has 4 amide bonds. The molecule has 1 atom stereocenters. The Morgan fingerprint density at radius 3 is 2.48 bits per heavy atom. The van der Waals surface area contributed by atoms with Crippen molar-refractivity contribution < 1.29 is 33.0 Å². The molecule has 5 aliphatic rings. The lowest BCUT2D eigenvalue weighted by atomic mass is 9.79. The summed E-state index contributed by atoms with van der Waals surface area (Å²) in [6.45, 7) is 6.64. The van der Waals surface area contributed by atoms with Crippen LogP contribution < -0.4 is 31.6 Å². The topological polar surface area (TPSA) is 194 Å². The fraction of sp³-hybridized carbons (Fsp3) is 0.489. The summed E-state index contributed by atoms with van der Waals surface area (Å²) in [5.74, 6) is -1.12. The molecule has 2 aromatic heterocycles. The first-order valence-electron chi connectivity index (χ1n) is 21.8. The summed E-state index contributed by atoms with van der Waals surface area (Å²) in [4.78, 5) is 77.1. The first-order valence-corrected chi connectivity index (χ1v) is 22.2. The average Bonchev–Trinajstić information content (AvgIpc) is 3.58. The zero-order valence-corrected chi connectivity index (χ0v) is 36.0. The van der Waals surface area contributed by atoms with Crippen LogP contribution in [0.25, 0.3) is 10.9 Å². The smallest absolute Gasteiger partial charge is 0.293 e. The summed E-state index contributed by atoms with van der Waals surface area (Å²) in [5, 5.41) is 6.68. The van der Waals surface area contributed by atoms with Gasteiger partial charge in [0.05, 0.1) is 30.5 Å². The van der Waals surface area contributed by atoms with Gasteiger partial charge in [0, 0.05) is 66.9 Å². The molecule has 1 saturated carbocycles. The second-order valence-electron chi connectivity index (χ2n) is 17.6. The number of anilines is 3. The number of aromatic nitrogens is 3. The number of amides is 4. The summed E-state index contributed by atoms with van der Waals surface area (Å²) in [6.07, 6.45) is 7.59. The molecule has 1 aliphatic carbocycles. The molecule has 6 heterocycles. The molecule has 0 radical (unpaired) electrons. The van der Waals surface area contributed by atoms with Gasteiger partial charge in [0.25, 0.3) is 17.4 Å². The third-order valence-corrected chi connectivity index (χ3v) is 13.5. The zero-order chi connectivity index (χ0) is 44.1. The predicted octanol–water partition coefficient (Wildman–Crippen LogP) is 4.93. The SMILES string of the molecule is CC(C)n1c(=O)c(OCC(N)=O)cc2cc(Nc3nc(N4CCC(OC5CN([C@H]6CC[C@@H](c7ccc8c(c7F)CN(C7CCC(=O)NC7=O)C8=O)CC6)C5)CC4)ncc3Cl)ccc21. The Morgan fingerprint density at radius 1 is 1.00 bits per heavy atom. The number of carbonyl (C=O) groups excluding carboxylic acids is 4. The summed E-state index contributed by atoms with van der Waals surface area (Å²) in [6, 6.07) is 10.1. The van der Waals surface area contributed by atoms with Gasteiger partial charge >= 0.3 is 0 Å². The Hall–Kier alpha value is -5.65. The van der Waals surface area contributed by atoms with E-state index in [2.05, 4.69) is 25.4 Å². The van der Waals surface area contributed by atoms with Gasteiger partial charge in [0.2, 0.25) is 17.8 Å². The van der Waals surface area contributed by atoms with Gasteiger partial charge in [0.15, 0.2) is 18.2 Å². The minimum absolute atomic E-state index is 0.0341. The maximum absolute atomic E-state index is 16.0. The Bertz CT molecular complexity index is 2530. The molecular formula is C45H51ClFN9O7. The van der Waals surface area contributed by atoms with Gasteiger partial charge in [-0.15, -0.1) is 0 Å². The number of imide groups is 1. The second kappa shape index (κ2) is 17.5. The molecule has 9 rings (SSSR count). The van der Waals surface area contributed by atoms with Gasteiger partial charge in [0.1, 0.15) is 16.9 Å². The van der Waals surface area contributed by atoms with Gasteiger partial charge < -0.3 is 34.9 Å². The number of fused-ring (bicyclic) bond motifs is 2. The van der Waals surface area contributed by atoms with Crippen LogP contribution in [0.5, 0.6) is 5.75 Å². The summed E-state index contributed by atoms with van der Waals surface area (Å²) < 4.78 is 29.6. The second-order valence-corrected chi connectivity index (χ2v) is 18.0.